The molecule has 1 aromatic carbocycles. The standard InChI is InChI=1S/C17H16N2O/c1-11-16(12(2)20)9-17(14-5-6-14)19(11)15-7-3-13(10-18)4-8-15/h3-4,7-9,14H,5-6H2,1-2H3. The van der Waals surface area contributed by atoms with Crippen LogP contribution in [0.1, 0.15) is 53.0 Å². The Balaban J connectivity index is 2.15. The van der Waals surface area contributed by atoms with Crippen LogP contribution in [-0.2, 0) is 0 Å². The van der Waals surface area contributed by atoms with Gasteiger partial charge >= 0.3 is 0 Å². The first-order valence-corrected chi connectivity index (χ1v) is 6.85. The average Bonchev–Trinajstić information content (AvgIpc) is 3.22. The fourth-order valence-corrected chi connectivity index (χ4v) is 2.69. The molecule has 1 fully saturated rings. The van der Waals surface area contributed by atoms with Crippen LogP contribution in [0.2, 0.25) is 0 Å². The predicted molar refractivity (Wildman–Crippen MR) is 77.2 cm³/mol. The number of nitriles is 1. The molecule has 3 heteroatoms. The van der Waals surface area contributed by atoms with Crippen molar-refractivity contribution in [3.05, 3.63) is 52.8 Å². The van der Waals surface area contributed by atoms with Crippen LogP contribution in [0.3, 0.4) is 0 Å². The Kier molecular flexibility index (Phi) is 2.94. The first-order valence-electron chi connectivity index (χ1n) is 6.85. The molecule has 0 radical (unpaired) electrons. The fourth-order valence-electron chi connectivity index (χ4n) is 2.69. The van der Waals surface area contributed by atoms with Crippen molar-refractivity contribution in [3.8, 4) is 11.8 Å². The van der Waals surface area contributed by atoms with Crippen molar-refractivity contribution < 1.29 is 4.79 Å². The van der Waals surface area contributed by atoms with E-state index in [9.17, 15) is 4.79 Å². The molecule has 1 heterocycles. The van der Waals surface area contributed by atoms with Gasteiger partial charge in [0.25, 0.3) is 0 Å². The highest BCUT2D eigenvalue weighted by atomic mass is 16.1. The highest BCUT2D eigenvalue weighted by molar-refractivity contribution is 5.95. The maximum atomic E-state index is 11.8. The number of carbonyl (C=O) groups is 1. The van der Waals surface area contributed by atoms with E-state index in [1.165, 1.54) is 18.5 Å². The van der Waals surface area contributed by atoms with Gasteiger partial charge in [-0.15, -0.1) is 0 Å². The van der Waals surface area contributed by atoms with E-state index in [0.717, 1.165) is 16.9 Å². The van der Waals surface area contributed by atoms with Crippen LogP contribution in [0.25, 0.3) is 5.69 Å². The van der Waals surface area contributed by atoms with E-state index < -0.39 is 0 Å². The Morgan fingerprint density at radius 3 is 2.45 bits per heavy atom. The van der Waals surface area contributed by atoms with Crippen LogP contribution in [0.5, 0.6) is 0 Å². The summed E-state index contributed by atoms with van der Waals surface area (Å²) in [6.07, 6.45) is 2.38. The van der Waals surface area contributed by atoms with Gasteiger partial charge in [-0.05, 0) is 62.9 Å². The molecule has 0 spiro atoms. The molecule has 3 rings (SSSR count). The van der Waals surface area contributed by atoms with E-state index in [1.807, 2.05) is 37.3 Å². The van der Waals surface area contributed by atoms with Gasteiger partial charge in [-0.2, -0.15) is 5.26 Å². The number of hydrogen-bond acceptors (Lipinski definition) is 2. The molecule has 0 N–H and O–H groups in total. The molecule has 2 aromatic rings. The number of aromatic nitrogens is 1. The lowest BCUT2D eigenvalue weighted by Gasteiger charge is -2.11. The quantitative estimate of drug-likeness (QED) is 0.793. The van der Waals surface area contributed by atoms with Gasteiger partial charge in [0.05, 0.1) is 11.6 Å². The zero-order valence-corrected chi connectivity index (χ0v) is 11.7. The average molecular weight is 264 g/mol. The summed E-state index contributed by atoms with van der Waals surface area (Å²) >= 11 is 0. The highest BCUT2D eigenvalue weighted by Crippen LogP contribution is 2.42. The number of ketones is 1. The number of Topliss-reactive ketones (excluding diaryl/α,β-unsaturated/α-hetero) is 1. The maximum absolute atomic E-state index is 11.8. The Morgan fingerprint density at radius 1 is 1.30 bits per heavy atom. The molecule has 0 unspecified atom stereocenters. The number of hydrogen-bond donors (Lipinski definition) is 0. The summed E-state index contributed by atoms with van der Waals surface area (Å²) in [5, 5.41) is 8.88. The van der Waals surface area contributed by atoms with Gasteiger partial charge in [-0.1, -0.05) is 0 Å². The molecule has 20 heavy (non-hydrogen) atoms. The lowest BCUT2D eigenvalue weighted by atomic mass is 10.1. The predicted octanol–water partition coefficient (Wildman–Crippen LogP) is 3.74. The van der Waals surface area contributed by atoms with Crippen molar-refractivity contribution in [3.63, 3.8) is 0 Å². The lowest BCUT2D eigenvalue weighted by molar-refractivity contribution is 0.101. The molecule has 1 aliphatic carbocycles. The Morgan fingerprint density at radius 2 is 1.95 bits per heavy atom. The van der Waals surface area contributed by atoms with E-state index in [0.29, 0.717) is 11.5 Å². The first-order chi connectivity index (χ1) is 9.61. The number of rotatable bonds is 3. The minimum absolute atomic E-state index is 0.108. The zero-order chi connectivity index (χ0) is 14.3. The summed E-state index contributed by atoms with van der Waals surface area (Å²) in [4.78, 5) is 11.8. The molecule has 0 amide bonds. The SMILES string of the molecule is CC(=O)c1cc(C2CC2)n(-c2ccc(C#N)cc2)c1C. The van der Waals surface area contributed by atoms with Crippen molar-refractivity contribution in [2.45, 2.75) is 32.6 Å². The summed E-state index contributed by atoms with van der Waals surface area (Å²) < 4.78 is 2.16. The molecule has 1 aliphatic rings. The minimum atomic E-state index is 0.108. The Labute approximate surface area is 118 Å². The number of nitrogens with zero attached hydrogens (tertiary/aromatic N) is 2. The Bertz CT molecular complexity index is 713. The second-order valence-corrected chi connectivity index (χ2v) is 5.39. The smallest absolute Gasteiger partial charge is 0.161 e. The van der Waals surface area contributed by atoms with Crippen LogP contribution in [0.4, 0.5) is 0 Å². The van der Waals surface area contributed by atoms with Crippen LogP contribution >= 0.6 is 0 Å². The lowest BCUT2D eigenvalue weighted by Crippen LogP contribution is -2.02. The third kappa shape index (κ3) is 2.04. The van der Waals surface area contributed by atoms with Gasteiger partial charge in [0.2, 0.25) is 0 Å². The first kappa shape index (κ1) is 12.7. The normalized spacial score (nSPS) is 14.1. The van der Waals surface area contributed by atoms with Gasteiger partial charge in [-0.25, -0.2) is 0 Å². The largest absolute Gasteiger partial charge is 0.317 e. The molecule has 100 valence electrons. The van der Waals surface area contributed by atoms with E-state index >= 15 is 0 Å². The highest BCUT2D eigenvalue weighted by Gasteiger charge is 2.29. The fraction of sp³-hybridized carbons (Fsp3) is 0.294. The summed E-state index contributed by atoms with van der Waals surface area (Å²) in [7, 11) is 0. The summed E-state index contributed by atoms with van der Waals surface area (Å²) in [5.41, 5.74) is 4.69. The molecule has 1 saturated carbocycles. The number of carbonyl (C=O) groups excluding carboxylic acids is 1. The van der Waals surface area contributed by atoms with E-state index in [4.69, 9.17) is 5.26 Å². The monoisotopic (exact) mass is 264 g/mol. The maximum Gasteiger partial charge on any atom is 0.161 e. The zero-order valence-electron chi connectivity index (χ0n) is 11.7. The third-order valence-corrected chi connectivity index (χ3v) is 3.91. The molecule has 3 nitrogen and oxygen atoms in total. The van der Waals surface area contributed by atoms with Crippen LogP contribution in [0.15, 0.2) is 30.3 Å². The van der Waals surface area contributed by atoms with Crippen molar-refractivity contribution in [2.24, 2.45) is 0 Å². The van der Waals surface area contributed by atoms with Crippen LogP contribution < -0.4 is 0 Å². The second-order valence-electron chi connectivity index (χ2n) is 5.39. The molecule has 1 aromatic heterocycles. The van der Waals surface area contributed by atoms with Gasteiger partial charge in [0, 0.05) is 22.6 Å². The van der Waals surface area contributed by atoms with E-state index in [-0.39, 0.29) is 5.78 Å². The second kappa shape index (κ2) is 4.64. The molecular weight excluding hydrogens is 248 g/mol. The molecule has 0 bridgehead atoms. The van der Waals surface area contributed by atoms with E-state index in [2.05, 4.69) is 10.6 Å². The molecular formula is C17H16N2O. The van der Waals surface area contributed by atoms with Gasteiger partial charge in [-0.3, -0.25) is 4.79 Å². The summed E-state index contributed by atoms with van der Waals surface area (Å²) in [6.45, 7) is 3.60. The third-order valence-electron chi connectivity index (χ3n) is 3.91. The van der Waals surface area contributed by atoms with Gasteiger partial charge < -0.3 is 4.57 Å². The number of benzene rings is 1. The minimum Gasteiger partial charge on any atom is -0.317 e. The van der Waals surface area contributed by atoms with E-state index in [1.54, 1.807) is 6.92 Å². The molecule has 0 aliphatic heterocycles. The van der Waals surface area contributed by atoms with Crippen molar-refractivity contribution in [1.29, 1.82) is 5.26 Å². The van der Waals surface area contributed by atoms with Crippen molar-refractivity contribution in [2.75, 3.05) is 0 Å². The van der Waals surface area contributed by atoms with Gasteiger partial charge in [0.15, 0.2) is 5.78 Å². The van der Waals surface area contributed by atoms with Crippen molar-refractivity contribution in [1.82, 2.24) is 4.57 Å². The summed E-state index contributed by atoms with van der Waals surface area (Å²) in [5.74, 6) is 0.675. The summed E-state index contributed by atoms with van der Waals surface area (Å²) in [6, 6.07) is 11.7. The molecule has 0 saturated heterocycles. The Hall–Kier alpha value is -2.34. The van der Waals surface area contributed by atoms with Crippen molar-refractivity contribution >= 4 is 5.78 Å². The molecule has 0 atom stereocenters. The van der Waals surface area contributed by atoms with Gasteiger partial charge in [0.1, 0.15) is 0 Å². The van der Waals surface area contributed by atoms with Crippen LogP contribution in [0, 0.1) is 18.3 Å². The van der Waals surface area contributed by atoms with Crippen LogP contribution in [-0.4, -0.2) is 10.4 Å². The topological polar surface area (TPSA) is 45.8 Å².